The zero-order chi connectivity index (χ0) is 20.6. The predicted octanol–water partition coefficient (Wildman–Crippen LogP) is 2.52. The highest BCUT2D eigenvalue weighted by molar-refractivity contribution is 7.91. The second-order valence-electron chi connectivity index (χ2n) is 7.17. The summed E-state index contributed by atoms with van der Waals surface area (Å²) >= 11 is 1.40. The lowest BCUT2D eigenvalue weighted by molar-refractivity contribution is 0.0789. The lowest BCUT2D eigenvalue weighted by Gasteiger charge is -2.18. The third-order valence-corrected chi connectivity index (χ3v) is 7.58. The van der Waals surface area contributed by atoms with Crippen LogP contribution < -0.4 is 5.32 Å². The van der Waals surface area contributed by atoms with Crippen molar-refractivity contribution in [3.63, 3.8) is 0 Å². The molecule has 1 unspecified atom stereocenters. The molecule has 1 fully saturated rings. The largest absolute Gasteiger partial charge is 0.348 e. The number of pyridine rings is 1. The third-order valence-electron chi connectivity index (χ3n) is 5.07. The zero-order valence-corrected chi connectivity index (χ0v) is 17.7. The molecule has 1 aliphatic heterocycles. The summed E-state index contributed by atoms with van der Waals surface area (Å²) in [7, 11) is -3.18. The molecule has 1 N–H and O–H groups in total. The van der Waals surface area contributed by atoms with Crippen LogP contribution in [0.2, 0.25) is 0 Å². The van der Waals surface area contributed by atoms with E-state index in [0.29, 0.717) is 34.8 Å². The van der Waals surface area contributed by atoms with Crippen molar-refractivity contribution < 1.29 is 13.2 Å². The Hall–Kier alpha value is -2.59. The van der Waals surface area contributed by atoms with Gasteiger partial charge in [0.25, 0.3) is 5.91 Å². The Balaban J connectivity index is 1.62. The Kier molecular flexibility index (Phi) is 5.22. The average molecular weight is 432 g/mol. The number of carbonyl (C=O) groups excluding carboxylic acids is 1. The van der Waals surface area contributed by atoms with Gasteiger partial charge in [-0.1, -0.05) is 6.07 Å². The molecule has 0 bridgehead atoms. The number of likely N-dealkylation sites (tertiary alicyclic amines) is 1. The molecule has 0 aromatic carbocycles. The quantitative estimate of drug-likeness (QED) is 0.662. The molecule has 0 aliphatic carbocycles. The van der Waals surface area contributed by atoms with Gasteiger partial charge in [-0.25, -0.2) is 18.4 Å². The lowest BCUT2D eigenvalue weighted by Crippen LogP contribution is -2.32. The number of anilines is 1. The molecule has 1 saturated heterocycles. The van der Waals surface area contributed by atoms with Gasteiger partial charge in [0.2, 0.25) is 5.95 Å². The number of rotatable bonds is 5. The van der Waals surface area contributed by atoms with Crippen molar-refractivity contribution in [2.75, 3.05) is 24.7 Å². The van der Waals surface area contributed by atoms with E-state index in [-0.39, 0.29) is 18.5 Å². The molecule has 152 valence electrons. The monoisotopic (exact) mass is 431 g/mol. The van der Waals surface area contributed by atoms with Gasteiger partial charge in [-0.05, 0) is 36.4 Å². The van der Waals surface area contributed by atoms with Gasteiger partial charge in [0, 0.05) is 31.7 Å². The Morgan fingerprint density at radius 1 is 1.34 bits per heavy atom. The SMILES string of the molecule is C[C@H](Nc1nc(C(=O)N2CCC(S(C)(=O)=O)C2)c2sccc2n1)c1cccnc1. The van der Waals surface area contributed by atoms with E-state index in [1.807, 2.05) is 30.5 Å². The lowest BCUT2D eigenvalue weighted by atomic mass is 10.1. The van der Waals surface area contributed by atoms with Crippen molar-refractivity contribution in [1.29, 1.82) is 0 Å². The molecule has 10 heteroatoms. The molecule has 4 heterocycles. The number of thiophene rings is 1. The molecule has 0 spiro atoms. The van der Waals surface area contributed by atoms with Crippen LogP contribution in [0.3, 0.4) is 0 Å². The first-order valence-electron chi connectivity index (χ1n) is 9.23. The van der Waals surface area contributed by atoms with Crippen LogP contribution in [0.5, 0.6) is 0 Å². The number of fused-ring (bicyclic) bond motifs is 1. The van der Waals surface area contributed by atoms with Crippen LogP contribution in [-0.4, -0.2) is 58.8 Å². The van der Waals surface area contributed by atoms with E-state index in [9.17, 15) is 13.2 Å². The first-order chi connectivity index (χ1) is 13.8. The van der Waals surface area contributed by atoms with Crippen LogP contribution in [0.1, 0.15) is 35.4 Å². The number of aromatic nitrogens is 3. The minimum absolute atomic E-state index is 0.0934. The first-order valence-corrected chi connectivity index (χ1v) is 12.1. The van der Waals surface area contributed by atoms with Crippen LogP contribution in [0.4, 0.5) is 5.95 Å². The van der Waals surface area contributed by atoms with Gasteiger partial charge in [0.1, 0.15) is 0 Å². The second-order valence-corrected chi connectivity index (χ2v) is 10.4. The summed E-state index contributed by atoms with van der Waals surface area (Å²) < 4.78 is 24.4. The summed E-state index contributed by atoms with van der Waals surface area (Å²) in [6, 6.07) is 5.57. The zero-order valence-electron chi connectivity index (χ0n) is 16.1. The van der Waals surface area contributed by atoms with E-state index in [1.54, 1.807) is 17.3 Å². The van der Waals surface area contributed by atoms with Crippen LogP contribution in [-0.2, 0) is 9.84 Å². The predicted molar refractivity (Wildman–Crippen MR) is 113 cm³/mol. The minimum atomic E-state index is -3.18. The van der Waals surface area contributed by atoms with Crippen molar-refractivity contribution >= 4 is 43.2 Å². The third kappa shape index (κ3) is 4.08. The van der Waals surface area contributed by atoms with Gasteiger partial charge in [-0.15, -0.1) is 11.3 Å². The molecule has 2 atom stereocenters. The number of sulfone groups is 1. The summed E-state index contributed by atoms with van der Waals surface area (Å²) in [5, 5.41) is 4.59. The Morgan fingerprint density at radius 3 is 2.86 bits per heavy atom. The van der Waals surface area contributed by atoms with Crippen molar-refractivity contribution in [3.8, 4) is 0 Å². The highest BCUT2D eigenvalue weighted by atomic mass is 32.2. The van der Waals surface area contributed by atoms with E-state index in [2.05, 4.69) is 20.3 Å². The molecule has 0 radical (unpaired) electrons. The van der Waals surface area contributed by atoms with E-state index in [4.69, 9.17) is 0 Å². The van der Waals surface area contributed by atoms with E-state index in [0.717, 1.165) is 5.56 Å². The topological polar surface area (TPSA) is 105 Å². The highest BCUT2D eigenvalue weighted by Crippen LogP contribution is 2.27. The molecule has 8 nitrogen and oxygen atoms in total. The number of carbonyl (C=O) groups is 1. The maximum Gasteiger partial charge on any atom is 0.274 e. The maximum atomic E-state index is 13.1. The Morgan fingerprint density at radius 2 is 2.17 bits per heavy atom. The Labute approximate surface area is 172 Å². The van der Waals surface area contributed by atoms with Crippen molar-refractivity contribution in [2.24, 2.45) is 0 Å². The van der Waals surface area contributed by atoms with E-state index in [1.165, 1.54) is 17.6 Å². The fourth-order valence-electron chi connectivity index (χ4n) is 3.39. The second kappa shape index (κ2) is 7.68. The number of hydrogen-bond acceptors (Lipinski definition) is 8. The van der Waals surface area contributed by atoms with Crippen LogP contribution >= 0.6 is 11.3 Å². The van der Waals surface area contributed by atoms with Crippen molar-refractivity contribution in [1.82, 2.24) is 19.9 Å². The fourth-order valence-corrected chi connectivity index (χ4v) is 5.19. The van der Waals surface area contributed by atoms with Gasteiger partial charge in [0.15, 0.2) is 15.5 Å². The summed E-state index contributed by atoms with van der Waals surface area (Å²) in [6.45, 7) is 2.57. The van der Waals surface area contributed by atoms with Crippen LogP contribution in [0.25, 0.3) is 10.2 Å². The van der Waals surface area contributed by atoms with Crippen molar-refractivity contribution in [3.05, 3.63) is 47.2 Å². The molecular weight excluding hydrogens is 410 g/mol. The summed E-state index contributed by atoms with van der Waals surface area (Å²) in [4.78, 5) is 27.9. The number of hydrogen-bond donors (Lipinski definition) is 1. The smallest absolute Gasteiger partial charge is 0.274 e. The number of nitrogens with zero attached hydrogens (tertiary/aromatic N) is 4. The van der Waals surface area contributed by atoms with Gasteiger partial charge < -0.3 is 10.2 Å². The molecular formula is C19H21N5O3S2. The summed E-state index contributed by atoms with van der Waals surface area (Å²) in [5.74, 6) is 0.0949. The molecule has 1 amide bonds. The highest BCUT2D eigenvalue weighted by Gasteiger charge is 2.34. The minimum Gasteiger partial charge on any atom is -0.348 e. The van der Waals surface area contributed by atoms with E-state index < -0.39 is 15.1 Å². The van der Waals surface area contributed by atoms with Gasteiger partial charge in [-0.2, -0.15) is 0 Å². The average Bonchev–Trinajstić information content (AvgIpc) is 3.37. The number of nitrogens with one attached hydrogen (secondary N) is 1. The molecule has 3 aromatic rings. The van der Waals surface area contributed by atoms with Crippen molar-refractivity contribution in [2.45, 2.75) is 24.6 Å². The molecule has 4 rings (SSSR count). The Bertz CT molecular complexity index is 1150. The van der Waals surface area contributed by atoms with Gasteiger partial charge in [0.05, 0.1) is 21.5 Å². The maximum absolute atomic E-state index is 13.1. The molecule has 3 aromatic heterocycles. The van der Waals surface area contributed by atoms with Gasteiger partial charge in [-0.3, -0.25) is 9.78 Å². The van der Waals surface area contributed by atoms with Crippen LogP contribution in [0.15, 0.2) is 36.0 Å². The first kappa shape index (κ1) is 19.7. The standard InChI is InChI=1S/C19H21N5O3S2/c1-12(13-4-3-7-20-10-13)21-19-22-15-6-9-28-17(15)16(23-19)18(25)24-8-5-14(11-24)29(2,26)27/h3-4,6-7,9-10,12,14H,5,8,11H2,1-2H3,(H,21,22,23)/t12-,14?/m0/s1. The number of amides is 1. The molecule has 0 saturated carbocycles. The summed E-state index contributed by atoms with van der Waals surface area (Å²) in [5.41, 5.74) is 1.97. The normalized spacial score (nSPS) is 18.1. The van der Waals surface area contributed by atoms with Crippen LogP contribution in [0, 0.1) is 0 Å². The van der Waals surface area contributed by atoms with Gasteiger partial charge >= 0.3 is 0 Å². The van der Waals surface area contributed by atoms with E-state index >= 15 is 0 Å². The molecule has 1 aliphatic rings. The molecule has 29 heavy (non-hydrogen) atoms. The fraction of sp³-hybridized carbons (Fsp3) is 0.368. The summed E-state index contributed by atoms with van der Waals surface area (Å²) in [6.07, 6.45) is 5.14.